The number of unbranched alkanes of at least 4 members (excludes halogenated alkanes) is 1. The van der Waals surface area contributed by atoms with E-state index in [9.17, 15) is 0 Å². The van der Waals surface area contributed by atoms with Crippen LogP contribution in [0.3, 0.4) is 0 Å². The maximum absolute atomic E-state index is 6.27. The van der Waals surface area contributed by atoms with Crippen molar-refractivity contribution in [2.45, 2.75) is 90.4 Å². The van der Waals surface area contributed by atoms with Crippen molar-refractivity contribution in [3.8, 4) is 0 Å². The van der Waals surface area contributed by atoms with Crippen LogP contribution >= 0.6 is 11.3 Å². The summed E-state index contributed by atoms with van der Waals surface area (Å²) in [5.41, 5.74) is 1.25. The Hall–Kier alpha value is -0.460. The third-order valence-electron chi connectivity index (χ3n) is 4.90. The maximum atomic E-state index is 6.27. The molecule has 4 nitrogen and oxygen atoms in total. The highest BCUT2D eigenvalue weighted by molar-refractivity contribution is 7.10. The second kappa shape index (κ2) is 7.19. The van der Waals surface area contributed by atoms with Crippen molar-refractivity contribution in [2.75, 3.05) is 0 Å². The SMILES string of the molecule is CCCC[C@H]1O[C@@H]2OC(C)(CC)O[C@@H]2[C@H]1OCc1ccsc1C. The predicted molar refractivity (Wildman–Crippen MR) is 90.5 cm³/mol. The molecule has 2 aliphatic heterocycles. The molecule has 0 amide bonds. The van der Waals surface area contributed by atoms with Gasteiger partial charge in [0.25, 0.3) is 0 Å². The zero-order valence-corrected chi connectivity index (χ0v) is 15.4. The Labute approximate surface area is 143 Å². The lowest BCUT2D eigenvalue weighted by molar-refractivity contribution is -0.229. The first-order valence-corrected chi connectivity index (χ1v) is 9.60. The number of fused-ring (bicyclic) bond motifs is 1. The number of aryl methyl sites for hydroxylation is 1. The Morgan fingerprint density at radius 3 is 2.78 bits per heavy atom. The monoisotopic (exact) mass is 340 g/mol. The molecule has 0 bridgehead atoms. The molecule has 5 atom stereocenters. The van der Waals surface area contributed by atoms with E-state index in [1.165, 1.54) is 10.4 Å². The van der Waals surface area contributed by atoms with Crippen LogP contribution in [-0.4, -0.2) is 30.4 Å². The molecule has 0 N–H and O–H groups in total. The molecule has 0 aliphatic carbocycles. The minimum atomic E-state index is -0.551. The third kappa shape index (κ3) is 3.64. The molecule has 1 aromatic rings. The van der Waals surface area contributed by atoms with Gasteiger partial charge >= 0.3 is 0 Å². The Morgan fingerprint density at radius 1 is 1.30 bits per heavy atom. The average Bonchev–Trinajstić information content (AvgIpc) is 3.17. The van der Waals surface area contributed by atoms with E-state index < -0.39 is 5.79 Å². The molecule has 0 saturated carbocycles. The van der Waals surface area contributed by atoms with Crippen molar-refractivity contribution in [2.24, 2.45) is 0 Å². The van der Waals surface area contributed by atoms with E-state index in [1.807, 2.05) is 6.92 Å². The molecular weight excluding hydrogens is 312 g/mol. The van der Waals surface area contributed by atoms with Crippen molar-refractivity contribution < 1.29 is 18.9 Å². The van der Waals surface area contributed by atoms with Crippen molar-refractivity contribution in [1.29, 1.82) is 0 Å². The summed E-state index contributed by atoms with van der Waals surface area (Å²) in [6.45, 7) is 8.99. The molecular formula is C18H28O4S. The van der Waals surface area contributed by atoms with Gasteiger partial charge in [-0.15, -0.1) is 11.3 Å². The van der Waals surface area contributed by atoms with Crippen LogP contribution in [0.1, 0.15) is 56.9 Å². The molecule has 2 saturated heterocycles. The van der Waals surface area contributed by atoms with Crippen LogP contribution in [0.5, 0.6) is 0 Å². The van der Waals surface area contributed by atoms with Gasteiger partial charge in [-0.25, -0.2) is 0 Å². The lowest BCUT2D eigenvalue weighted by atomic mass is 10.0. The van der Waals surface area contributed by atoms with Crippen molar-refractivity contribution in [3.63, 3.8) is 0 Å². The lowest BCUT2D eigenvalue weighted by Gasteiger charge is -2.27. The first-order chi connectivity index (χ1) is 11.1. The number of rotatable bonds is 7. The molecule has 0 aromatic carbocycles. The molecule has 0 radical (unpaired) electrons. The van der Waals surface area contributed by atoms with Gasteiger partial charge < -0.3 is 18.9 Å². The number of ether oxygens (including phenoxy) is 4. The van der Waals surface area contributed by atoms with Gasteiger partial charge in [-0.05, 0) is 43.7 Å². The molecule has 1 unspecified atom stereocenters. The highest BCUT2D eigenvalue weighted by Crippen LogP contribution is 2.41. The fourth-order valence-electron chi connectivity index (χ4n) is 3.23. The summed E-state index contributed by atoms with van der Waals surface area (Å²) >= 11 is 1.76. The normalized spacial score (nSPS) is 36.5. The molecule has 2 fully saturated rings. The van der Waals surface area contributed by atoms with Gasteiger partial charge in [-0.1, -0.05) is 26.7 Å². The van der Waals surface area contributed by atoms with Crippen molar-refractivity contribution >= 4 is 11.3 Å². The molecule has 2 aliphatic rings. The van der Waals surface area contributed by atoms with Crippen LogP contribution in [0.2, 0.25) is 0 Å². The van der Waals surface area contributed by atoms with Gasteiger partial charge in [0.2, 0.25) is 0 Å². The summed E-state index contributed by atoms with van der Waals surface area (Å²) in [4.78, 5) is 1.31. The lowest BCUT2D eigenvalue weighted by Crippen LogP contribution is -2.37. The van der Waals surface area contributed by atoms with Crippen LogP contribution in [0.15, 0.2) is 11.4 Å². The minimum absolute atomic E-state index is 0.0563. The van der Waals surface area contributed by atoms with E-state index >= 15 is 0 Å². The summed E-state index contributed by atoms with van der Waals surface area (Å²) < 4.78 is 24.6. The zero-order valence-electron chi connectivity index (χ0n) is 14.5. The maximum Gasteiger partial charge on any atom is 0.190 e. The minimum Gasteiger partial charge on any atom is -0.368 e. The molecule has 130 valence electrons. The summed E-state index contributed by atoms with van der Waals surface area (Å²) in [6.07, 6.45) is 3.67. The van der Waals surface area contributed by atoms with Gasteiger partial charge in [0.05, 0.1) is 12.7 Å². The standard InChI is InChI=1S/C18H28O4S/c1-5-7-8-14-15(19-11-13-9-10-23-12(13)3)16-17(20-14)22-18(4,6-2)21-16/h9-10,14-17H,5-8,11H2,1-4H3/t14-,15+,16-,17-,18?/m1/s1. The summed E-state index contributed by atoms with van der Waals surface area (Å²) in [6, 6.07) is 2.14. The van der Waals surface area contributed by atoms with Crippen LogP contribution in [0.4, 0.5) is 0 Å². The average molecular weight is 340 g/mol. The van der Waals surface area contributed by atoms with Gasteiger partial charge in [-0.3, -0.25) is 0 Å². The van der Waals surface area contributed by atoms with Gasteiger partial charge in [0.1, 0.15) is 12.2 Å². The predicted octanol–water partition coefficient (Wildman–Crippen LogP) is 4.40. The molecule has 3 heterocycles. The molecule has 3 rings (SSSR count). The van der Waals surface area contributed by atoms with Crippen LogP contribution in [0, 0.1) is 6.92 Å². The van der Waals surface area contributed by atoms with Crippen molar-refractivity contribution in [3.05, 3.63) is 21.9 Å². The molecule has 0 spiro atoms. The van der Waals surface area contributed by atoms with Crippen molar-refractivity contribution in [1.82, 2.24) is 0 Å². The largest absolute Gasteiger partial charge is 0.368 e. The first-order valence-electron chi connectivity index (χ1n) is 8.72. The van der Waals surface area contributed by atoms with Gasteiger partial charge in [0, 0.05) is 4.88 Å². The first kappa shape index (κ1) is 17.4. The van der Waals surface area contributed by atoms with E-state index in [0.29, 0.717) is 6.61 Å². The molecule has 23 heavy (non-hydrogen) atoms. The second-order valence-electron chi connectivity index (χ2n) is 6.65. The fraction of sp³-hybridized carbons (Fsp3) is 0.778. The highest BCUT2D eigenvalue weighted by atomic mass is 32.1. The van der Waals surface area contributed by atoms with E-state index in [1.54, 1.807) is 11.3 Å². The van der Waals surface area contributed by atoms with Crippen LogP contribution in [0.25, 0.3) is 0 Å². The Bertz CT molecular complexity index is 517. The summed E-state index contributed by atoms with van der Waals surface area (Å²) in [7, 11) is 0. The quantitative estimate of drug-likeness (QED) is 0.737. The van der Waals surface area contributed by atoms with Crippen LogP contribution in [-0.2, 0) is 25.6 Å². The van der Waals surface area contributed by atoms with Gasteiger partial charge in [0.15, 0.2) is 12.1 Å². The number of thiophene rings is 1. The summed E-state index contributed by atoms with van der Waals surface area (Å²) in [5, 5.41) is 2.11. The van der Waals surface area contributed by atoms with Crippen LogP contribution < -0.4 is 0 Å². The Kier molecular flexibility index (Phi) is 5.43. The zero-order chi connectivity index (χ0) is 16.4. The third-order valence-corrected chi connectivity index (χ3v) is 5.79. The van der Waals surface area contributed by atoms with E-state index in [2.05, 4.69) is 32.2 Å². The topological polar surface area (TPSA) is 36.9 Å². The van der Waals surface area contributed by atoms with E-state index in [4.69, 9.17) is 18.9 Å². The van der Waals surface area contributed by atoms with Gasteiger partial charge in [-0.2, -0.15) is 0 Å². The number of hydrogen-bond acceptors (Lipinski definition) is 5. The summed E-state index contributed by atoms with van der Waals surface area (Å²) in [5.74, 6) is -0.551. The Morgan fingerprint density at radius 2 is 2.13 bits per heavy atom. The fourth-order valence-corrected chi connectivity index (χ4v) is 3.94. The molecule has 1 aromatic heterocycles. The van der Waals surface area contributed by atoms with E-state index in [-0.39, 0.29) is 24.6 Å². The number of hydrogen-bond donors (Lipinski definition) is 0. The Balaban J connectivity index is 1.68. The smallest absolute Gasteiger partial charge is 0.190 e. The van der Waals surface area contributed by atoms with E-state index in [0.717, 1.165) is 25.7 Å². The molecule has 5 heteroatoms. The second-order valence-corrected chi connectivity index (χ2v) is 7.77. The highest BCUT2D eigenvalue weighted by Gasteiger charge is 2.55.